The largest absolute Gasteiger partial charge is 0.384 e. The third-order valence-corrected chi connectivity index (χ3v) is 3.57. The van der Waals surface area contributed by atoms with E-state index in [-0.39, 0.29) is 0 Å². The fraction of sp³-hybridized carbons (Fsp3) is 1.00. The van der Waals surface area contributed by atoms with Crippen molar-refractivity contribution in [2.75, 3.05) is 46.1 Å². The van der Waals surface area contributed by atoms with Crippen molar-refractivity contribution in [3.8, 4) is 0 Å². The van der Waals surface area contributed by atoms with Gasteiger partial charge in [0.25, 0.3) is 0 Å². The van der Waals surface area contributed by atoms with Crippen LogP contribution in [0.1, 0.15) is 13.3 Å². The number of nitrogens with zero attached hydrogens (tertiary/aromatic N) is 2. The summed E-state index contributed by atoms with van der Waals surface area (Å²) >= 11 is 0. The average molecular weight is 228 g/mol. The molecule has 1 aliphatic heterocycles. The lowest BCUT2D eigenvalue weighted by Gasteiger charge is -2.37. The summed E-state index contributed by atoms with van der Waals surface area (Å²) in [6, 6.07) is 0.634. The molecule has 88 valence electrons. The van der Waals surface area contributed by atoms with Crippen LogP contribution in [0.25, 0.3) is 0 Å². The Labute approximate surface area is 96.6 Å². The van der Waals surface area contributed by atoms with E-state index in [1.54, 1.807) is 0 Å². The molecule has 0 N–H and O–H groups in total. The molecule has 1 rings (SSSR count). The summed E-state index contributed by atoms with van der Waals surface area (Å²) in [6.45, 7) is 10.2. The van der Waals surface area contributed by atoms with Gasteiger partial charge in [0.2, 0.25) is 0 Å². The molecule has 1 unspecified atom stereocenters. The number of hydrogen-bond acceptors (Lipinski definition) is 3. The summed E-state index contributed by atoms with van der Waals surface area (Å²) in [5.41, 5.74) is 0. The first-order chi connectivity index (χ1) is 7.27. The molecule has 0 saturated carbocycles. The van der Waals surface area contributed by atoms with Crippen molar-refractivity contribution in [3.63, 3.8) is 0 Å². The van der Waals surface area contributed by atoms with Crippen LogP contribution >= 0.6 is 0 Å². The van der Waals surface area contributed by atoms with E-state index in [0.717, 1.165) is 22.4 Å². The van der Waals surface area contributed by atoms with Gasteiger partial charge in [-0.1, -0.05) is 13.5 Å². The third-order valence-electron chi connectivity index (χ3n) is 3.08. The lowest BCUT2D eigenvalue weighted by molar-refractivity contribution is 0.0488. The average Bonchev–Trinajstić information content (AvgIpc) is 2.26. The predicted molar refractivity (Wildman–Crippen MR) is 65.6 cm³/mol. The van der Waals surface area contributed by atoms with Gasteiger partial charge in [0.05, 0.1) is 16.1 Å². The van der Waals surface area contributed by atoms with Crippen LogP contribution < -0.4 is 0 Å². The fourth-order valence-corrected chi connectivity index (χ4v) is 2.29. The normalized spacial score (nSPS) is 21.8. The van der Waals surface area contributed by atoms with Gasteiger partial charge in [-0.2, -0.15) is 0 Å². The molecule has 1 heterocycles. The zero-order valence-corrected chi connectivity index (χ0v) is 11.3. The topological polar surface area (TPSA) is 15.7 Å². The zero-order valence-electron chi connectivity index (χ0n) is 10.3. The van der Waals surface area contributed by atoms with E-state index in [2.05, 4.69) is 30.3 Å². The predicted octanol–water partition coefficient (Wildman–Crippen LogP) is 0.739. The fourth-order valence-electron chi connectivity index (χ4n) is 1.97. The number of piperazine rings is 1. The van der Waals surface area contributed by atoms with Crippen LogP contribution in [0.2, 0.25) is 6.55 Å². The Morgan fingerprint density at radius 3 is 2.47 bits per heavy atom. The Morgan fingerprint density at radius 2 is 1.93 bits per heavy atom. The minimum atomic E-state index is 0.634. The Bertz CT molecular complexity index is 161. The minimum absolute atomic E-state index is 0.634. The van der Waals surface area contributed by atoms with Gasteiger partial charge in [0.1, 0.15) is 0 Å². The quantitative estimate of drug-likeness (QED) is 0.493. The van der Waals surface area contributed by atoms with E-state index in [9.17, 15) is 0 Å². The lowest BCUT2D eigenvalue weighted by Crippen LogP contribution is -2.50. The molecule has 15 heavy (non-hydrogen) atoms. The molecule has 0 amide bonds. The molecule has 1 atom stereocenters. The summed E-state index contributed by atoms with van der Waals surface area (Å²) in [5.74, 6) is 0. The molecule has 1 saturated heterocycles. The van der Waals surface area contributed by atoms with Gasteiger partial charge in [-0.15, -0.1) is 0 Å². The van der Waals surface area contributed by atoms with Gasteiger partial charge in [0.15, 0.2) is 0 Å². The van der Waals surface area contributed by atoms with Crippen molar-refractivity contribution >= 4 is 9.52 Å². The molecule has 0 spiro atoms. The molecule has 3 nitrogen and oxygen atoms in total. The Balaban J connectivity index is 2.24. The van der Waals surface area contributed by atoms with E-state index in [1.165, 1.54) is 32.6 Å². The van der Waals surface area contributed by atoms with E-state index in [1.807, 2.05) is 0 Å². The Morgan fingerprint density at radius 1 is 1.27 bits per heavy atom. The maximum Gasteiger partial charge on any atom is 0.0699 e. The zero-order chi connectivity index (χ0) is 11.1. The van der Waals surface area contributed by atoms with Gasteiger partial charge in [-0.3, -0.25) is 4.90 Å². The van der Waals surface area contributed by atoms with E-state index < -0.39 is 0 Å². The standard InChI is InChI=1S/C11H24N2OSi/c1-4-11(9-14-10-15-3)13-7-5-12(2)6-8-13/h11H,4-10H2,1-3H3. The summed E-state index contributed by atoms with van der Waals surface area (Å²) in [5, 5.41) is 0. The molecule has 0 bridgehead atoms. The molecule has 1 aliphatic rings. The molecule has 0 aliphatic carbocycles. The highest BCUT2D eigenvalue weighted by molar-refractivity contribution is 6.33. The third kappa shape index (κ3) is 4.63. The minimum Gasteiger partial charge on any atom is -0.384 e. The van der Waals surface area contributed by atoms with Crippen LogP contribution in [-0.4, -0.2) is 71.4 Å². The first kappa shape index (κ1) is 13.2. The molecule has 2 radical (unpaired) electrons. The molecular weight excluding hydrogens is 204 g/mol. The summed E-state index contributed by atoms with van der Waals surface area (Å²) in [6.07, 6.45) is 2.14. The Hall–Kier alpha value is 0.0969. The van der Waals surface area contributed by atoms with Gasteiger partial charge in [0, 0.05) is 38.5 Å². The van der Waals surface area contributed by atoms with Crippen LogP contribution in [-0.2, 0) is 4.74 Å². The Kier molecular flexibility index (Phi) is 6.48. The number of ether oxygens (including phenoxy) is 1. The van der Waals surface area contributed by atoms with Crippen LogP contribution in [0.4, 0.5) is 0 Å². The number of hydrogen-bond donors (Lipinski definition) is 0. The van der Waals surface area contributed by atoms with Gasteiger partial charge in [-0.25, -0.2) is 0 Å². The molecule has 1 fully saturated rings. The van der Waals surface area contributed by atoms with Crippen LogP contribution in [0.15, 0.2) is 0 Å². The second kappa shape index (κ2) is 7.38. The molecule has 4 heteroatoms. The van der Waals surface area contributed by atoms with Gasteiger partial charge in [-0.05, 0) is 13.5 Å². The highest BCUT2D eigenvalue weighted by Gasteiger charge is 2.20. The second-order valence-corrected chi connectivity index (χ2v) is 5.27. The van der Waals surface area contributed by atoms with Gasteiger partial charge < -0.3 is 9.64 Å². The van der Waals surface area contributed by atoms with E-state index in [4.69, 9.17) is 4.74 Å². The van der Waals surface area contributed by atoms with E-state index in [0.29, 0.717) is 6.04 Å². The SMILES string of the molecule is CCC(COC[Si]C)N1CCN(C)CC1. The number of rotatable bonds is 6. The summed E-state index contributed by atoms with van der Waals surface area (Å²) in [7, 11) is 3.12. The molecule has 0 aromatic carbocycles. The maximum atomic E-state index is 5.67. The van der Waals surface area contributed by atoms with Crippen molar-refractivity contribution in [2.24, 2.45) is 0 Å². The van der Waals surface area contributed by atoms with Crippen LogP contribution in [0.5, 0.6) is 0 Å². The first-order valence-electron chi connectivity index (χ1n) is 5.92. The summed E-state index contributed by atoms with van der Waals surface area (Å²) in [4.78, 5) is 4.98. The van der Waals surface area contributed by atoms with Crippen LogP contribution in [0, 0.1) is 0 Å². The highest BCUT2D eigenvalue weighted by atomic mass is 28.2. The molecular formula is C11H24N2OSi. The smallest absolute Gasteiger partial charge is 0.0699 e. The molecule has 0 aromatic heterocycles. The highest BCUT2D eigenvalue weighted by Crippen LogP contribution is 2.08. The van der Waals surface area contributed by atoms with Crippen molar-refractivity contribution in [3.05, 3.63) is 0 Å². The lowest BCUT2D eigenvalue weighted by atomic mass is 10.2. The van der Waals surface area contributed by atoms with Crippen molar-refractivity contribution in [2.45, 2.75) is 25.9 Å². The van der Waals surface area contributed by atoms with Crippen molar-refractivity contribution in [1.82, 2.24) is 9.80 Å². The van der Waals surface area contributed by atoms with Crippen LogP contribution in [0.3, 0.4) is 0 Å². The second-order valence-electron chi connectivity index (χ2n) is 4.27. The maximum absolute atomic E-state index is 5.67. The van der Waals surface area contributed by atoms with Crippen molar-refractivity contribution in [1.29, 1.82) is 0 Å². The van der Waals surface area contributed by atoms with Gasteiger partial charge >= 0.3 is 0 Å². The molecule has 0 aromatic rings. The number of likely N-dealkylation sites (N-methyl/N-ethyl adjacent to an activating group) is 1. The van der Waals surface area contributed by atoms with E-state index >= 15 is 0 Å². The monoisotopic (exact) mass is 228 g/mol. The van der Waals surface area contributed by atoms with Crippen molar-refractivity contribution < 1.29 is 4.74 Å². The summed E-state index contributed by atoms with van der Waals surface area (Å²) < 4.78 is 5.67. The first-order valence-corrected chi connectivity index (χ1v) is 7.63.